The molecule has 0 saturated carbocycles. The zero-order valence-corrected chi connectivity index (χ0v) is 13.5. The molecule has 23 heavy (non-hydrogen) atoms. The van der Waals surface area contributed by atoms with Crippen molar-refractivity contribution in [2.45, 2.75) is 12.2 Å². The number of hydrogen-bond acceptors (Lipinski definition) is 2. The fourth-order valence-corrected chi connectivity index (χ4v) is 3.61. The number of ether oxygens (including phenoxy) is 1. The van der Waals surface area contributed by atoms with Crippen molar-refractivity contribution >= 4 is 28.1 Å². The smallest absolute Gasteiger partial charge is 0.127 e. The van der Waals surface area contributed by atoms with Crippen molar-refractivity contribution in [1.82, 2.24) is 0 Å². The van der Waals surface area contributed by atoms with Crippen molar-refractivity contribution in [3.8, 4) is 0 Å². The third-order valence-corrected chi connectivity index (χ3v) is 4.95. The van der Waals surface area contributed by atoms with Crippen LogP contribution in [0, 0.1) is 0 Å². The number of benzene rings is 3. The van der Waals surface area contributed by atoms with Gasteiger partial charge in [0, 0.05) is 17.8 Å². The predicted octanol–water partition coefficient (Wildman–Crippen LogP) is 4.92. The lowest BCUT2D eigenvalue weighted by molar-refractivity contribution is -0.0290. The number of fused-ring (bicyclic) bond motifs is 3. The Kier molecular flexibility index (Phi) is 3.72. The number of hydrogen-bond donors (Lipinski definition) is 1. The molecule has 0 radical (unpaired) electrons. The van der Waals surface area contributed by atoms with E-state index in [-0.39, 0.29) is 0 Å². The molecule has 0 aromatic heterocycles. The van der Waals surface area contributed by atoms with Crippen molar-refractivity contribution in [3.05, 3.63) is 77.9 Å². The molecule has 0 aliphatic carbocycles. The summed E-state index contributed by atoms with van der Waals surface area (Å²) in [4.78, 5) is 0. The molecule has 0 bridgehead atoms. The topological polar surface area (TPSA) is 21.3 Å². The van der Waals surface area contributed by atoms with Gasteiger partial charge in [-0.3, -0.25) is 0 Å². The number of alkyl halides is 1. The maximum Gasteiger partial charge on any atom is 0.127 e. The van der Waals surface area contributed by atoms with Gasteiger partial charge in [-0.25, -0.2) is 0 Å². The maximum absolute atomic E-state index is 6.39. The fourth-order valence-electron chi connectivity index (χ4n) is 3.31. The predicted molar refractivity (Wildman–Crippen MR) is 96.1 cm³/mol. The van der Waals surface area contributed by atoms with Gasteiger partial charge in [0.25, 0.3) is 0 Å². The first-order chi connectivity index (χ1) is 11.3. The first kappa shape index (κ1) is 14.6. The highest BCUT2D eigenvalue weighted by Crippen LogP contribution is 2.43. The monoisotopic (exact) mass is 323 g/mol. The molecule has 0 fully saturated rings. The third-order valence-electron chi connectivity index (χ3n) is 4.52. The summed E-state index contributed by atoms with van der Waals surface area (Å²) in [5, 5.41) is 5.89. The lowest BCUT2D eigenvalue weighted by Crippen LogP contribution is -2.34. The van der Waals surface area contributed by atoms with Gasteiger partial charge < -0.3 is 10.1 Å². The van der Waals surface area contributed by atoms with E-state index in [1.165, 1.54) is 16.3 Å². The summed E-state index contributed by atoms with van der Waals surface area (Å²) >= 11 is 6.39. The van der Waals surface area contributed by atoms with Crippen molar-refractivity contribution in [1.29, 1.82) is 0 Å². The van der Waals surface area contributed by atoms with Gasteiger partial charge in [0.15, 0.2) is 0 Å². The molecule has 0 spiro atoms. The second kappa shape index (κ2) is 5.88. The molecule has 0 saturated heterocycles. The molecule has 1 N–H and O–H groups in total. The molecule has 1 atom stereocenters. The Morgan fingerprint density at radius 1 is 0.957 bits per heavy atom. The quantitative estimate of drug-likeness (QED) is 0.688. The van der Waals surface area contributed by atoms with Crippen molar-refractivity contribution in [3.63, 3.8) is 0 Å². The van der Waals surface area contributed by atoms with Gasteiger partial charge in [0.1, 0.15) is 5.60 Å². The average molecular weight is 324 g/mol. The SMILES string of the molecule is ClCC1(OCc2ccccc2)CNc2ccc3ccccc3c21. The van der Waals surface area contributed by atoms with E-state index in [0.29, 0.717) is 19.0 Å². The zero-order valence-electron chi connectivity index (χ0n) is 12.8. The van der Waals surface area contributed by atoms with Crippen LogP contribution in [0.3, 0.4) is 0 Å². The van der Waals surface area contributed by atoms with Gasteiger partial charge in [0.2, 0.25) is 0 Å². The van der Waals surface area contributed by atoms with Gasteiger partial charge in [-0.15, -0.1) is 11.6 Å². The summed E-state index contributed by atoms with van der Waals surface area (Å²) in [7, 11) is 0. The number of halogens is 1. The van der Waals surface area contributed by atoms with E-state index in [1.54, 1.807) is 0 Å². The van der Waals surface area contributed by atoms with Crippen LogP contribution in [0.1, 0.15) is 11.1 Å². The molecule has 116 valence electrons. The lowest BCUT2D eigenvalue weighted by Gasteiger charge is -2.28. The molecule has 2 nitrogen and oxygen atoms in total. The minimum absolute atomic E-state index is 0.424. The van der Waals surface area contributed by atoms with Gasteiger partial charge in [-0.05, 0) is 22.4 Å². The summed E-state index contributed by atoms with van der Waals surface area (Å²) in [5.41, 5.74) is 2.97. The van der Waals surface area contributed by atoms with Crippen LogP contribution < -0.4 is 5.32 Å². The van der Waals surface area contributed by atoms with Crippen LogP contribution in [0.5, 0.6) is 0 Å². The van der Waals surface area contributed by atoms with E-state index in [9.17, 15) is 0 Å². The molecule has 4 rings (SSSR count). The standard InChI is InChI=1S/C20H18ClNO/c21-13-20(23-12-15-6-2-1-3-7-15)14-22-18-11-10-16-8-4-5-9-17(16)19(18)20/h1-11,22H,12-14H2. The van der Waals surface area contributed by atoms with Crippen LogP contribution in [0.25, 0.3) is 10.8 Å². The average Bonchev–Trinajstić information content (AvgIpc) is 3.01. The largest absolute Gasteiger partial charge is 0.381 e. The van der Waals surface area contributed by atoms with Crippen LogP contribution in [0.2, 0.25) is 0 Å². The van der Waals surface area contributed by atoms with E-state index < -0.39 is 5.60 Å². The highest BCUT2D eigenvalue weighted by Gasteiger charge is 2.40. The Morgan fingerprint density at radius 2 is 1.74 bits per heavy atom. The Labute approximate surface area is 141 Å². The van der Waals surface area contributed by atoms with E-state index in [4.69, 9.17) is 16.3 Å². The molecule has 3 heteroatoms. The van der Waals surface area contributed by atoms with E-state index in [1.807, 2.05) is 18.2 Å². The highest BCUT2D eigenvalue weighted by molar-refractivity contribution is 6.19. The minimum Gasteiger partial charge on any atom is -0.381 e. The summed E-state index contributed by atoms with van der Waals surface area (Å²) < 4.78 is 6.37. The molecule has 1 aliphatic rings. The summed E-state index contributed by atoms with van der Waals surface area (Å²) in [6.45, 7) is 1.25. The molecule has 1 heterocycles. The third kappa shape index (κ3) is 2.48. The number of nitrogens with one attached hydrogen (secondary N) is 1. The van der Waals surface area contributed by atoms with Crippen LogP contribution in [-0.2, 0) is 16.9 Å². The van der Waals surface area contributed by atoms with Crippen LogP contribution in [0.4, 0.5) is 5.69 Å². The molecule has 1 aliphatic heterocycles. The molecule has 3 aromatic rings. The van der Waals surface area contributed by atoms with Gasteiger partial charge in [-0.2, -0.15) is 0 Å². The normalized spacial score (nSPS) is 19.5. The van der Waals surface area contributed by atoms with Crippen LogP contribution >= 0.6 is 11.6 Å². The first-order valence-electron chi connectivity index (χ1n) is 7.82. The van der Waals surface area contributed by atoms with Crippen molar-refractivity contribution in [2.24, 2.45) is 0 Å². The summed E-state index contributed by atoms with van der Waals surface area (Å²) in [5.74, 6) is 0.424. The Balaban J connectivity index is 1.75. The molecule has 1 unspecified atom stereocenters. The van der Waals surface area contributed by atoms with Gasteiger partial charge >= 0.3 is 0 Å². The van der Waals surface area contributed by atoms with E-state index in [2.05, 4.69) is 53.8 Å². The zero-order chi connectivity index (χ0) is 15.7. The Morgan fingerprint density at radius 3 is 2.57 bits per heavy atom. The Bertz CT molecular complexity index is 833. The fraction of sp³-hybridized carbons (Fsp3) is 0.200. The van der Waals surface area contributed by atoms with E-state index >= 15 is 0 Å². The van der Waals surface area contributed by atoms with Crippen LogP contribution in [-0.4, -0.2) is 12.4 Å². The molecule has 3 aromatic carbocycles. The molecule has 0 amide bonds. The summed E-state index contributed by atoms with van der Waals surface area (Å²) in [6, 6.07) is 22.9. The number of rotatable bonds is 4. The second-order valence-corrected chi connectivity index (χ2v) is 6.23. The maximum atomic E-state index is 6.39. The van der Waals surface area contributed by atoms with Crippen LogP contribution in [0.15, 0.2) is 66.7 Å². The summed E-state index contributed by atoms with van der Waals surface area (Å²) in [6.07, 6.45) is 0. The highest BCUT2D eigenvalue weighted by atomic mass is 35.5. The molecular weight excluding hydrogens is 306 g/mol. The van der Waals surface area contributed by atoms with Crippen molar-refractivity contribution in [2.75, 3.05) is 17.7 Å². The second-order valence-electron chi connectivity index (χ2n) is 5.97. The van der Waals surface area contributed by atoms with Crippen molar-refractivity contribution < 1.29 is 4.74 Å². The van der Waals surface area contributed by atoms with Gasteiger partial charge in [0.05, 0.1) is 12.5 Å². The van der Waals surface area contributed by atoms with E-state index in [0.717, 1.165) is 11.3 Å². The lowest BCUT2D eigenvalue weighted by atomic mass is 9.92. The van der Waals surface area contributed by atoms with Gasteiger partial charge in [-0.1, -0.05) is 60.7 Å². The minimum atomic E-state index is -0.492. The number of anilines is 1. The first-order valence-corrected chi connectivity index (χ1v) is 8.36. The molecular formula is C20H18ClNO. The Hall–Kier alpha value is -2.03.